The predicted molar refractivity (Wildman–Crippen MR) is 116 cm³/mol. The molecular formula is C24H28F4O4. The van der Waals surface area contributed by atoms with Crippen LogP contribution in [0.4, 0.5) is 17.6 Å². The molecule has 4 nitrogen and oxygen atoms in total. The molecule has 0 aliphatic heterocycles. The van der Waals surface area contributed by atoms with Gasteiger partial charge >= 0.3 is 6.11 Å². The van der Waals surface area contributed by atoms with E-state index in [1.807, 2.05) is 48.5 Å². The Morgan fingerprint density at radius 3 is 1.59 bits per heavy atom. The molecule has 0 bridgehead atoms. The number of ether oxygens (including phenoxy) is 4. The zero-order chi connectivity index (χ0) is 23.7. The Morgan fingerprint density at radius 2 is 1.16 bits per heavy atom. The minimum absolute atomic E-state index is 0.0179. The molecule has 0 saturated heterocycles. The molecule has 0 amide bonds. The van der Waals surface area contributed by atoms with Crippen molar-refractivity contribution in [1.82, 2.24) is 0 Å². The first-order valence-electron chi connectivity index (χ1n) is 9.73. The average Bonchev–Trinajstić information content (AvgIpc) is 2.81. The summed E-state index contributed by atoms with van der Waals surface area (Å²) in [5.74, 6) is 0. The fraction of sp³-hybridized carbons (Fsp3) is 0.333. The summed E-state index contributed by atoms with van der Waals surface area (Å²) in [4.78, 5) is 0. The second-order valence-electron chi connectivity index (χ2n) is 6.34. The van der Waals surface area contributed by atoms with Crippen molar-refractivity contribution in [2.45, 2.75) is 19.3 Å². The topological polar surface area (TPSA) is 36.9 Å². The molecule has 0 aliphatic rings. The van der Waals surface area contributed by atoms with Gasteiger partial charge < -0.3 is 14.2 Å². The van der Waals surface area contributed by atoms with Gasteiger partial charge in [-0.1, -0.05) is 73.8 Å². The van der Waals surface area contributed by atoms with Gasteiger partial charge in [-0.25, -0.2) is 8.78 Å². The molecule has 0 N–H and O–H groups in total. The third kappa shape index (κ3) is 12.4. The molecule has 8 heteroatoms. The highest BCUT2D eigenvalue weighted by Crippen LogP contribution is 2.15. The highest BCUT2D eigenvalue weighted by atomic mass is 19.3. The predicted octanol–water partition coefficient (Wildman–Crippen LogP) is 6.17. The number of hydrogen-bond donors (Lipinski definition) is 0. The SMILES string of the molecule is C=Cc1ccc(COCCOCC(F)(F)OCF)cc1.C=Cc1ccc(COCF)cc1. The summed E-state index contributed by atoms with van der Waals surface area (Å²) in [6, 6.07) is 15.2. The Balaban J connectivity index is 0.000000363. The van der Waals surface area contributed by atoms with Crippen LogP contribution in [0, 0.1) is 0 Å². The van der Waals surface area contributed by atoms with Gasteiger partial charge in [0, 0.05) is 0 Å². The second kappa shape index (κ2) is 16.2. The summed E-state index contributed by atoms with van der Waals surface area (Å²) in [5.41, 5.74) is 3.99. The average molecular weight is 456 g/mol. The van der Waals surface area contributed by atoms with Crippen molar-refractivity contribution < 1.29 is 36.5 Å². The molecule has 0 atom stereocenters. The third-order valence-corrected chi connectivity index (χ3v) is 3.95. The van der Waals surface area contributed by atoms with Gasteiger partial charge in [0.2, 0.25) is 0 Å². The first kappa shape index (κ1) is 27.5. The summed E-state index contributed by atoms with van der Waals surface area (Å²) in [6.45, 7) is 4.84. The van der Waals surface area contributed by atoms with Crippen molar-refractivity contribution in [2.75, 3.05) is 33.5 Å². The smallest absolute Gasteiger partial charge is 0.374 e. The van der Waals surface area contributed by atoms with Gasteiger partial charge in [0.15, 0.2) is 13.7 Å². The first-order chi connectivity index (χ1) is 15.4. The summed E-state index contributed by atoms with van der Waals surface area (Å²) >= 11 is 0. The van der Waals surface area contributed by atoms with E-state index >= 15 is 0 Å². The molecule has 2 aromatic rings. The molecule has 0 unspecified atom stereocenters. The van der Waals surface area contributed by atoms with Gasteiger partial charge in [-0.15, -0.1) is 0 Å². The minimum Gasteiger partial charge on any atom is -0.374 e. The first-order valence-corrected chi connectivity index (χ1v) is 9.73. The Morgan fingerprint density at radius 1 is 0.688 bits per heavy atom. The van der Waals surface area contributed by atoms with Crippen LogP contribution in [0.1, 0.15) is 22.3 Å². The Labute approximate surface area is 186 Å². The van der Waals surface area contributed by atoms with E-state index in [-0.39, 0.29) is 13.2 Å². The van der Waals surface area contributed by atoms with Crippen LogP contribution >= 0.6 is 0 Å². The Hall–Kier alpha value is -2.52. The van der Waals surface area contributed by atoms with Crippen LogP contribution in [0.25, 0.3) is 12.2 Å². The van der Waals surface area contributed by atoms with Gasteiger partial charge in [-0.3, -0.25) is 4.74 Å². The van der Waals surface area contributed by atoms with Crippen LogP contribution < -0.4 is 0 Å². The number of benzene rings is 2. The van der Waals surface area contributed by atoms with Crippen LogP contribution in [0.2, 0.25) is 0 Å². The summed E-state index contributed by atoms with van der Waals surface area (Å²) in [7, 11) is 0. The van der Waals surface area contributed by atoms with E-state index in [0.29, 0.717) is 13.2 Å². The van der Waals surface area contributed by atoms with E-state index in [1.165, 1.54) is 0 Å². The van der Waals surface area contributed by atoms with E-state index in [4.69, 9.17) is 4.74 Å². The van der Waals surface area contributed by atoms with Gasteiger partial charge in [0.05, 0.1) is 26.4 Å². The zero-order valence-electron chi connectivity index (χ0n) is 17.8. The molecule has 0 saturated carbocycles. The maximum absolute atomic E-state index is 12.6. The number of rotatable bonds is 14. The molecular weight excluding hydrogens is 428 g/mol. The molecule has 0 radical (unpaired) electrons. The zero-order valence-corrected chi connectivity index (χ0v) is 17.8. The third-order valence-electron chi connectivity index (χ3n) is 3.95. The van der Waals surface area contributed by atoms with Gasteiger partial charge in [0.25, 0.3) is 0 Å². The maximum Gasteiger partial charge on any atom is 0.381 e. The highest BCUT2D eigenvalue weighted by Gasteiger charge is 2.30. The van der Waals surface area contributed by atoms with E-state index in [2.05, 4.69) is 27.4 Å². The highest BCUT2D eigenvalue weighted by molar-refractivity contribution is 5.47. The van der Waals surface area contributed by atoms with E-state index in [1.54, 1.807) is 12.2 Å². The number of hydrogen-bond acceptors (Lipinski definition) is 4. The van der Waals surface area contributed by atoms with Crippen molar-refractivity contribution >= 4 is 12.2 Å². The molecule has 32 heavy (non-hydrogen) atoms. The lowest BCUT2D eigenvalue weighted by molar-refractivity contribution is -0.279. The summed E-state index contributed by atoms with van der Waals surface area (Å²) in [5, 5.41) is 0. The molecule has 176 valence electrons. The van der Waals surface area contributed by atoms with Crippen molar-refractivity contribution in [2.24, 2.45) is 0 Å². The lowest BCUT2D eigenvalue weighted by Crippen LogP contribution is -2.28. The Bertz CT molecular complexity index is 765. The quantitative estimate of drug-likeness (QED) is 0.252. The molecule has 0 aliphatic carbocycles. The van der Waals surface area contributed by atoms with Crippen molar-refractivity contribution in [3.05, 3.63) is 83.9 Å². The van der Waals surface area contributed by atoms with Gasteiger partial charge in [0.1, 0.15) is 6.61 Å². The molecule has 2 rings (SSSR count). The minimum atomic E-state index is -3.60. The second-order valence-corrected chi connectivity index (χ2v) is 6.34. The van der Waals surface area contributed by atoms with Crippen LogP contribution in [0.3, 0.4) is 0 Å². The van der Waals surface area contributed by atoms with Crippen molar-refractivity contribution in [3.63, 3.8) is 0 Å². The van der Waals surface area contributed by atoms with E-state index in [0.717, 1.165) is 22.3 Å². The van der Waals surface area contributed by atoms with Crippen LogP contribution in [-0.2, 0) is 32.2 Å². The monoisotopic (exact) mass is 456 g/mol. The largest absolute Gasteiger partial charge is 0.381 e. The maximum atomic E-state index is 12.6. The van der Waals surface area contributed by atoms with Gasteiger partial charge in [-0.05, 0) is 22.3 Å². The lowest BCUT2D eigenvalue weighted by atomic mass is 10.1. The molecule has 0 heterocycles. The van der Waals surface area contributed by atoms with E-state index in [9.17, 15) is 17.6 Å². The fourth-order valence-corrected chi connectivity index (χ4v) is 2.28. The van der Waals surface area contributed by atoms with Crippen molar-refractivity contribution in [3.8, 4) is 0 Å². The van der Waals surface area contributed by atoms with Crippen molar-refractivity contribution in [1.29, 1.82) is 0 Å². The molecule has 0 aromatic heterocycles. The molecule has 2 aromatic carbocycles. The summed E-state index contributed by atoms with van der Waals surface area (Å²) in [6.07, 6.45) is -0.104. The standard InChI is InChI=1S/C14H17F3O3.C10H11FO/c1-2-12-3-5-13(6-4-12)9-18-7-8-19-10-14(16,17)20-11-15;1-2-9-3-5-10(6-4-9)7-12-8-11/h2-6H,1,7-11H2;2-6H,1,7-8H2. The van der Waals surface area contributed by atoms with Crippen LogP contribution in [0.5, 0.6) is 0 Å². The summed E-state index contributed by atoms with van der Waals surface area (Å²) < 4.78 is 66.5. The number of alkyl halides is 4. The normalized spacial score (nSPS) is 10.9. The Kier molecular flexibility index (Phi) is 13.9. The molecule has 0 spiro atoms. The molecule has 0 fully saturated rings. The fourth-order valence-electron chi connectivity index (χ4n) is 2.28. The van der Waals surface area contributed by atoms with Crippen LogP contribution in [0.15, 0.2) is 61.7 Å². The van der Waals surface area contributed by atoms with Gasteiger partial charge in [-0.2, -0.15) is 8.78 Å². The number of halogens is 4. The van der Waals surface area contributed by atoms with Crippen LogP contribution in [-0.4, -0.2) is 39.7 Å². The lowest BCUT2D eigenvalue weighted by Gasteiger charge is -2.14. The van der Waals surface area contributed by atoms with E-state index < -0.39 is 26.4 Å².